The normalized spacial score (nSPS) is 12.3. The van der Waals surface area contributed by atoms with Crippen molar-refractivity contribution in [1.82, 2.24) is 0 Å². The van der Waals surface area contributed by atoms with Crippen molar-refractivity contribution < 1.29 is 26.8 Å². The van der Waals surface area contributed by atoms with E-state index >= 15 is 0 Å². The fraction of sp³-hybridized carbons (Fsp3) is 0.138. The predicted octanol–water partition coefficient (Wildman–Crippen LogP) is 6.14. The molecule has 38 heavy (non-hydrogen) atoms. The number of fused-ring (bicyclic) bond motifs is 1. The number of carbonyl (C=O) groups excluding carboxylic acids is 1. The molecule has 0 bridgehead atoms. The Bertz CT molecular complexity index is 1700. The van der Waals surface area contributed by atoms with Crippen molar-refractivity contribution in [2.24, 2.45) is 0 Å². The van der Waals surface area contributed by atoms with Gasteiger partial charge in [0.05, 0.1) is 29.5 Å². The van der Waals surface area contributed by atoms with Gasteiger partial charge in [-0.1, -0.05) is 35.9 Å². The molecule has 0 saturated heterocycles. The van der Waals surface area contributed by atoms with Gasteiger partial charge in [-0.2, -0.15) is 0 Å². The van der Waals surface area contributed by atoms with Crippen LogP contribution in [0.1, 0.15) is 38.9 Å². The molecule has 2 N–H and O–H groups in total. The summed E-state index contributed by atoms with van der Waals surface area (Å²) >= 11 is 0. The minimum Gasteiger partial charge on any atom is -0.468 e. The van der Waals surface area contributed by atoms with Crippen LogP contribution in [0.15, 0.2) is 98.9 Å². The maximum atomic E-state index is 13.5. The molecular formula is C29H26N2O6S. The minimum absolute atomic E-state index is 0.125. The zero-order valence-corrected chi connectivity index (χ0v) is 21.8. The van der Waals surface area contributed by atoms with E-state index in [4.69, 9.17) is 13.6 Å². The van der Waals surface area contributed by atoms with Crippen LogP contribution in [0, 0.1) is 6.92 Å². The van der Waals surface area contributed by atoms with Gasteiger partial charge in [-0.05, 0) is 61.0 Å². The highest BCUT2D eigenvalue weighted by molar-refractivity contribution is 7.92. The number of benzene rings is 3. The van der Waals surface area contributed by atoms with Gasteiger partial charge in [0.15, 0.2) is 0 Å². The van der Waals surface area contributed by atoms with Crippen LogP contribution in [0.2, 0.25) is 0 Å². The first-order chi connectivity index (χ1) is 18.3. The van der Waals surface area contributed by atoms with E-state index in [1.54, 1.807) is 67.7 Å². The molecule has 9 heteroatoms. The lowest BCUT2D eigenvalue weighted by Crippen LogP contribution is -2.15. The Kier molecular flexibility index (Phi) is 6.69. The van der Waals surface area contributed by atoms with Crippen molar-refractivity contribution in [1.29, 1.82) is 0 Å². The van der Waals surface area contributed by atoms with Crippen molar-refractivity contribution in [2.45, 2.75) is 17.7 Å². The topological polar surface area (TPSA) is 111 Å². The Hall–Kier alpha value is -4.50. The second-order valence-electron chi connectivity index (χ2n) is 8.75. The number of sulfonamides is 1. The maximum absolute atomic E-state index is 13.5. The zero-order valence-electron chi connectivity index (χ0n) is 21.0. The Labute approximate surface area is 220 Å². The second-order valence-corrected chi connectivity index (χ2v) is 10.4. The van der Waals surface area contributed by atoms with Crippen molar-refractivity contribution in [2.75, 3.05) is 24.2 Å². The monoisotopic (exact) mass is 530 g/mol. The molecule has 5 rings (SSSR count). The number of rotatable bonds is 8. The molecule has 2 aromatic heterocycles. The third-order valence-corrected chi connectivity index (χ3v) is 7.70. The lowest BCUT2D eigenvalue weighted by atomic mass is 9.91. The van der Waals surface area contributed by atoms with Gasteiger partial charge in [0.25, 0.3) is 10.0 Å². The third kappa shape index (κ3) is 4.64. The first kappa shape index (κ1) is 25.2. The lowest BCUT2D eigenvalue weighted by molar-refractivity contribution is 0.0601. The van der Waals surface area contributed by atoms with Crippen molar-refractivity contribution >= 4 is 38.3 Å². The predicted molar refractivity (Wildman–Crippen MR) is 145 cm³/mol. The van der Waals surface area contributed by atoms with Crippen molar-refractivity contribution in [3.05, 3.63) is 113 Å². The van der Waals surface area contributed by atoms with Crippen molar-refractivity contribution in [3.8, 4) is 0 Å². The molecule has 0 fully saturated rings. The number of para-hydroxylation sites is 1. The summed E-state index contributed by atoms with van der Waals surface area (Å²) in [4.78, 5) is 12.7. The van der Waals surface area contributed by atoms with Crippen molar-refractivity contribution in [3.63, 3.8) is 0 Å². The highest BCUT2D eigenvalue weighted by Gasteiger charge is 2.31. The van der Waals surface area contributed by atoms with Crippen LogP contribution in [0.25, 0.3) is 11.0 Å². The summed E-state index contributed by atoms with van der Waals surface area (Å²) in [6, 6.07) is 22.6. The SMILES string of the molecule is CNc1ccc([C@@H](c2ccco2)c2oc3ccccc3c2NS(=O)(=O)c2ccc(C)cc2)cc1C(=O)OC. The number of carbonyl (C=O) groups is 1. The molecule has 5 aromatic rings. The molecule has 0 spiro atoms. The first-order valence-corrected chi connectivity index (χ1v) is 13.3. The molecule has 2 heterocycles. The van der Waals surface area contributed by atoms with Crippen LogP contribution in [-0.4, -0.2) is 28.5 Å². The molecule has 0 radical (unpaired) electrons. The number of esters is 1. The Balaban J connectivity index is 1.72. The van der Waals surface area contributed by atoms with Gasteiger partial charge in [-0.3, -0.25) is 4.72 Å². The van der Waals surface area contributed by atoms with Crippen LogP contribution >= 0.6 is 0 Å². The standard InChI is InChI=1S/C29H26N2O6S/c1-18-10-13-20(14-11-18)38(33,34)31-27-21-7-4-5-8-24(21)37-28(27)26(25-9-6-16-36-25)19-12-15-23(30-2)22(17-19)29(32)35-3/h4-17,26,30-31H,1-3H3/t26-/m0/s1. The van der Waals surface area contributed by atoms with Gasteiger partial charge in [0, 0.05) is 18.1 Å². The van der Waals surface area contributed by atoms with Crippen LogP contribution < -0.4 is 10.0 Å². The van der Waals surface area contributed by atoms with E-state index in [2.05, 4.69) is 10.0 Å². The number of ether oxygens (including phenoxy) is 1. The highest BCUT2D eigenvalue weighted by Crippen LogP contribution is 2.43. The van der Waals surface area contributed by atoms with Crippen LogP contribution in [0.5, 0.6) is 0 Å². The fourth-order valence-electron chi connectivity index (χ4n) is 4.42. The molecule has 1 atom stereocenters. The third-order valence-electron chi connectivity index (χ3n) is 6.33. The lowest BCUT2D eigenvalue weighted by Gasteiger charge is -2.18. The molecule has 8 nitrogen and oxygen atoms in total. The van der Waals surface area contributed by atoms with Gasteiger partial charge in [0.1, 0.15) is 23.0 Å². The number of nitrogens with one attached hydrogen (secondary N) is 2. The van der Waals surface area contributed by atoms with Gasteiger partial charge in [-0.25, -0.2) is 13.2 Å². The summed E-state index contributed by atoms with van der Waals surface area (Å²) < 4.78 is 46.8. The summed E-state index contributed by atoms with van der Waals surface area (Å²) in [6.07, 6.45) is 1.53. The van der Waals surface area contributed by atoms with E-state index in [-0.39, 0.29) is 4.90 Å². The summed E-state index contributed by atoms with van der Waals surface area (Å²) in [5, 5.41) is 3.59. The number of anilines is 2. The van der Waals surface area contributed by atoms with E-state index in [0.29, 0.717) is 45.0 Å². The number of aryl methyl sites for hydroxylation is 1. The average molecular weight is 531 g/mol. The van der Waals surface area contributed by atoms with Gasteiger partial charge < -0.3 is 18.9 Å². The molecular weight excluding hydrogens is 504 g/mol. The largest absolute Gasteiger partial charge is 0.468 e. The smallest absolute Gasteiger partial charge is 0.339 e. The Morgan fingerprint density at radius 2 is 1.74 bits per heavy atom. The maximum Gasteiger partial charge on any atom is 0.339 e. The second kappa shape index (κ2) is 10.1. The zero-order chi connectivity index (χ0) is 26.9. The number of furan rings is 2. The number of methoxy groups -OCH3 is 1. The molecule has 0 saturated carbocycles. The summed E-state index contributed by atoms with van der Waals surface area (Å²) in [5.41, 5.74) is 3.29. The molecule has 0 unspecified atom stereocenters. The van der Waals surface area contributed by atoms with Crippen LogP contribution in [0.4, 0.5) is 11.4 Å². The highest BCUT2D eigenvalue weighted by atomic mass is 32.2. The fourth-order valence-corrected chi connectivity index (χ4v) is 5.51. The van der Waals surface area contributed by atoms with E-state index in [1.165, 1.54) is 13.4 Å². The molecule has 0 aliphatic carbocycles. The molecule has 0 aliphatic heterocycles. The molecule has 3 aromatic carbocycles. The van der Waals surface area contributed by atoms with E-state index in [0.717, 1.165) is 5.56 Å². The Morgan fingerprint density at radius 1 is 0.974 bits per heavy atom. The minimum atomic E-state index is -3.96. The van der Waals surface area contributed by atoms with Gasteiger partial charge in [-0.15, -0.1) is 0 Å². The summed E-state index contributed by atoms with van der Waals surface area (Å²) in [7, 11) is -0.933. The van der Waals surface area contributed by atoms with Gasteiger partial charge in [0.2, 0.25) is 0 Å². The number of hydrogen-bond donors (Lipinski definition) is 2. The van der Waals surface area contributed by atoms with E-state index < -0.39 is 21.9 Å². The van der Waals surface area contributed by atoms with Crippen LogP contribution in [-0.2, 0) is 14.8 Å². The summed E-state index contributed by atoms with van der Waals surface area (Å²) in [5.74, 6) is -0.362. The molecule has 194 valence electrons. The van der Waals surface area contributed by atoms with Crippen LogP contribution in [0.3, 0.4) is 0 Å². The van der Waals surface area contributed by atoms with E-state index in [9.17, 15) is 13.2 Å². The Morgan fingerprint density at radius 3 is 2.42 bits per heavy atom. The first-order valence-electron chi connectivity index (χ1n) is 11.9. The van der Waals surface area contributed by atoms with Gasteiger partial charge >= 0.3 is 5.97 Å². The average Bonchev–Trinajstić information content (AvgIpc) is 3.57. The molecule has 0 aliphatic rings. The molecule has 0 amide bonds. The van der Waals surface area contributed by atoms with E-state index in [1.807, 2.05) is 25.1 Å². The summed E-state index contributed by atoms with van der Waals surface area (Å²) in [6.45, 7) is 1.89. The number of hydrogen-bond acceptors (Lipinski definition) is 7. The quantitative estimate of drug-likeness (QED) is 0.232.